The molecule has 172 valence electrons. The SMILES string of the molecule is COc1ccc(OC)c(-c2cc(C(C)=O)ccc2[SH](=O)=O)c1NCC(=O)Nc1cccnc1. The molecule has 3 rings (SSSR count). The van der Waals surface area contributed by atoms with Crippen LogP contribution in [0.5, 0.6) is 11.5 Å². The fourth-order valence-electron chi connectivity index (χ4n) is 3.27. The van der Waals surface area contributed by atoms with Crippen LogP contribution in [0.3, 0.4) is 0 Å². The predicted octanol–water partition coefficient (Wildman–Crippen LogP) is 2.99. The van der Waals surface area contributed by atoms with Gasteiger partial charge < -0.3 is 20.1 Å². The molecule has 3 aromatic rings. The smallest absolute Gasteiger partial charge is 0.243 e. The highest BCUT2D eigenvalue weighted by Gasteiger charge is 2.22. The molecular formula is C23H23N3O6S. The lowest BCUT2D eigenvalue weighted by molar-refractivity contribution is -0.114. The molecule has 0 fully saturated rings. The van der Waals surface area contributed by atoms with Crippen LogP contribution in [0, 0.1) is 0 Å². The summed E-state index contributed by atoms with van der Waals surface area (Å²) in [7, 11) is -0.0999. The molecule has 0 spiro atoms. The van der Waals surface area contributed by atoms with Crippen LogP contribution in [0.15, 0.2) is 59.8 Å². The van der Waals surface area contributed by atoms with Gasteiger partial charge in [0.05, 0.1) is 48.8 Å². The van der Waals surface area contributed by atoms with Crippen molar-refractivity contribution in [3.8, 4) is 22.6 Å². The van der Waals surface area contributed by atoms with Gasteiger partial charge in [-0.15, -0.1) is 0 Å². The van der Waals surface area contributed by atoms with E-state index < -0.39 is 10.7 Å². The number of ketones is 1. The number of rotatable bonds is 9. The molecule has 1 amide bonds. The number of carbonyl (C=O) groups is 2. The van der Waals surface area contributed by atoms with E-state index in [-0.39, 0.29) is 28.7 Å². The van der Waals surface area contributed by atoms with Crippen LogP contribution in [0.1, 0.15) is 17.3 Å². The van der Waals surface area contributed by atoms with Gasteiger partial charge in [0.15, 0.2) is 16.5 Å². The standard InChI is InChI=1S/C23H23N3O6S/c1-14(27)15-6-9-20(33(29)30)17(11-15)22-18(31-2)7-8-19(32-3)23(22)25-13-21(28)26-16-5-4-10-24-12-16/h4-12,25,33H,13H2,1-3H3,(H,26,28). The second kappa shape index (κ2) is 10.6. The Balaban J connectivity index is 2.09. The molecule has 1 aromatic heterocycles. The van der Waals surface area contributed by atoms with Gasteiger partial charge in [0.25, 0.3) is 0 Å². The third-order valence-electron chi connectivity index (χ3n) is 4.81. The topological polar surface area (TPSA) is 124 Å². The van der Waals surface area contributed by atoms with E-state index >= 15 is 0 Å². The summed E-state index contributed by atoms with van der Waals surface area (Å²) in [6.45, 7) is 1.23. The van der Waals surface area contributed by atoms with Crippen molar-refractivity contribution in [3.05, 3.63) is 60.4 Å². The van der Waals surface area contributed by atoms with Crippen molar-refractivity contribution in [2.24, 2.45) is 0 Å². The highest BCUT2D eigenvalue weighted by molar-refractivity contribution is 7.72. The molecule has 33 heavy (non-hydrogen) atoms. The van der Waals surface area contributed by atoms with Gasteiger partial charge in [-0.1, -0.05) is 6.07 Å². The Hall–Kier alpha value is -3.92. The van der Waals surface area contributed by atoms with Gasteiger partial charge in [-0.25, -0.2) is 8.42 Å². The number of Topliss-reactive ketones (excluding diaryl/α,β-unsaturated/α-hetero) is 1. The molecule has 1 heterocycles. The lowest BCUT2D eigenvalue weighted by Crippen LogP contribution is -2.22. The van der Waals surface area contributed by atoms with E-state index in [1.54, 1.807) is 30.5 Å². The van der Waals surface area contributed by atoms with E-state index in [1.807, 2.05) is 0 Å². The quantitative estimate of drug-likeness (QED) is 0.323. The Bertz CT molecular complexity index is 1250. The van der Waals surface area contributed by atoms with Gasteiger partial charge >= 0.3 is 0 Å². The highest BCUT2D eigenvalue weighted by atomic mass is 32.2. The molecule has 0 saturated heterocycles. The summed E-state index contributed by atoms with van der Waals surface area (Å²) < 4.78 is 35.0. The molecule has 0 atom stereocenters. The molecule has 0 saturated carbocycles. The number of benzene rings is 2. The first kappa shape index (κ1) is 23.7. The van der Waals surface area contributed by atoms with E-state index in [0.717, 1.165) is 0 Å². The van der Waals surface area contributed by atoms with Crippen LogP contribution in [0.25, 0.3) is 11.1 Å². The van der Waals surface area contributed by atoms with Crippen LogP contribution >= 0.6 is 0 Å². The Morgan fingerprint density at radius 2 is 1.76 bits per heavy atom. The fraction of sp³-hybridized carbons (Fsp3) is 0.174. The number of pyridine rings is 1. The van der Waals surface area contributed by atoms with E-state index in [4.69, 9.17) is 9.47 Å². The minimum Gasteiger partial charge on any atom is -0.496 e. The Morgan fingerprint density at radius 3 is 2.36 bits per heavy atom. The highest BCUT2D eigenvalue weighted by Crippen LogP contribution is 2.44. The summed E-state index contributed by atoms with van der Waals surface area (Å²) in [5, 5.41) is 5.74. The molecule has 10 heteroatoms. The number of aromatic nitrogens is 1. The minimum absolute atomic E-state index is 0.00409. The maximum Gasteiger partial charge on any atom is 0.243 e. The third kappa shape index (κ3) is 5.47. The van der Waals surface area contributed by atoms with Crippen LogP contribution in [0.2, 0.25) is 0 Å². The molecule has 0 aliphatic rings. The molecule has 0 unspecified atom stereocenters. The number of nitrogens with one attached hydrogen (secondary N) is 2. The summed E-state index contributed by atoms with van der Waals surface area (Å²) in [5.41, 5.74) is 1.81. The van der Waals surface area contributed by atoms with Gasteiger partial charge in [-0.3, -0.25) is 14.6 Å². The van der Waals surface area contributed by atoms with Gasteiger partial charge in [0.1, 0.15) is 11.5 Å². The van der Waals surface area contributed by atoms with Gasteiger partial charge in [0.2, 0.25) is 5.91 Å². The molecule has 0 aliphatic heterocycles. The van der Waals surface area contributed by atoms with Crippen molar-refractivity contribution >= 4 is 33.8 Å². The van der Waals surface area contributed by atoms with E-state index in [0.29, 0.717) is 34.0 Å². The summed E-state index contributed by atoms with van der Waals surface area (Å²) in [5.74, 6) is 0.118. The first-order valence-corrected chi connectivity index (χ1v) is 11.0. The molecule has 2 N–H and O–H groups in total. The zero-order valence-corrected chi connectivity index (χ0v) is 19.1. The van der Waals surface area contributed by atoms with Gasteiger partial charge in [-0.05, 0) is 43.3 Å². The lowest BCUT2D eigenvalue weighted by Gasteiger charge is -2.20. The largest absolute Gasteiger partial charge is 0.496 e. The number of thiol groups is 1. The van der Waals surface area contributed by atoms with Crippen molar-refractivity contribution in [1.29, 1.82) is 0 Å². The number of nitrogens with zero attached hydrogens (tertiary/aromatic N) is 1. The van der Waals surface area contributed by atoms with Crippen molar-refractivity contribution < 1.29 is 27.5 Å². The molecular weight excluding hydrogens is 446 g/mol. The Labute approximate surface area is 192 Å². The molecule has 2 aromatic carbocycles. The second-order valence-corrected chi connectivity index (χ2v) is 7.90. The van der Waals surface area contributed by atoms with Crippen LogP contribution in [-0.2, 0) is 15.5 Å². The zero-order chi connectivity index (χ0) is 24.0. The monoisotopic (exact) mass is 469 g/mol. The second-order valence-electron chi connectivity index (χ2n) is 6.91. The average molecular weight is 470 g/mol. The number of methoxy groups -OCH3 is 2. The number of anilines is 2. The average Bonchev–Trinajstić information content (AvgIpc) is 2.82. The number of hydrogen-bond acceptors (Lipinski definition) is 8. The van der Waals surface area contributed by atoms with Gasteiger partial charge in [-0.2, -0.15) is 0 Å². The van der Waals surface area contributed by atoms with Crippen LogP contribution in [0.4, 0.5) is 11.4 Å². The Morgan fingerprint density at radius 1 is 1.03 bits per heavy atom. The zero-order valence-electron chi connectivity index (χ0n) is 18.2. The summed E-state index contributed by atoms with van der Waals surface area (Å²) in [4.78, 5) is 28.4. The number of carbonyl (C=O) groups excluding carboxylic acids is 2. The van der Waals surface area contributed by atoms with Crippen LogP contribution < -0.4 is 20.1 Å². The van der Waals surface area contributed by atoms with E-state index in [2.05, 4.69) is 15.6 Å². The fourth-order valence-corrected chi connectivity index (χ4v) is 3.84. The molecule has 0 bridgehead atoms. The van der Waals surface area contributed by atoms with E-state index in [1.165, 1.54) is 45.5 Å². The number of hydrogen-bond donors (Lipinski definition) is 3. The van der Waals surface area contributed by atoms with Gasteiger partial charge in [0, 0.05) is 17.3 Å². The van der Waals surface area contributed by atoms with Crippen molar-refractivity contribution in [1.82, 2.24) is 4.98 Å². The summed E-state index contributed by atoms with van der Waals surface area (Å²) in [6.07, 6.45) is 3.11. The van der Waals surface area contributed by atoms with Crippen molar-refractivity contribution in [2.45, 2.75) is 11.8 Å². The summed E-state index contributed by atoms with van der Waals surface area (Å²) >= 11 is 0. The normalized spacial score (nSPS) is 10.5. The Kier molecular flexibility index (Phi) is 7.62. The van der Waals surface area contributed by atoms with Crippen LogP contribution in [-0.4, -0.2) is 45.9 Å². The van der Waals surface area contributed by atoms with Crippen molar-refractivity contribution in [3.63, 3.8) is 0 Å². The molecule has 0 radical (unpaired) electrons. The van der Waals surface area contributed by atoms with Crippen molar-refractivity contribution in [2.75, 3.05) is 31.4 Å². The maximum absolute atomic E-state index is 12.5. The summed E-state index contributed by atoms with van der Waals surface area (Å²) in [6, 6.07) is 11.0. The first-order chi connectivity index (χ1) is 15.8. The lowest BCUT2D eigenvalue weighted by atomic mass is 9.98. The first-order valence-electron chi connectivity index (χ1n) is 9.84. The number of ether oxygens (including phenoxy) is 2. The minimum atomic E-state index is -2.99. The third-order valence-corrected chi connectivity index (χ3v) is 5.59. The number of amides is 1. The maximum atomic E-state index is 12.5. The predicted molar refractivity (Wildman–Crippen MR) is 125 cm³/mol. The van der Waals surface area contributed by atoms with E-state index in [9.17, 15) is 18.0 Å². The molecule has 0 aliphatic carbocycles. The molecule has 9 nitrogen and oxygen atoms in total.